The number of sulfonamides is 1. The van der Waals surface area contributed by atoms with Crippen LogP contribution in [0.3, 0.4) is 0 Å². The summed E-state index contributed by atoms with van der Waals surface area (Å²) in [6.45, 7) is 6.84. The van der Waals surface area contributed by atoms with Gasteiger partial charge in [-0.1, -0.05) is 32.9 Å². The van der Waals surface area contributed by atoms with Crippen LogP contribution in [0.5, 0.6) is 0 Å². The number of nitrogens with one attached hydrogen (secondary N) is 3. The molecule has 0 aromatic heterocycles. The lowest BCUT2D eigenvalue weighted by atomic mass is 10.1. The van der Waals surface area contributed by atoms with E-state index >= 15 is 0 Å². The van der Waals surface area contributed by atoms with Gasteiger partial charge in [-0.15, -0.1) is 0 Å². The van der Waals surface area contributed by atoms with Gasteiger partial charge in [0.15, 0.2) is 0 Å². The molecule has 1 aromatic carbocycles. The van der Waals surface area contributed by atoms with Crippen LogP contribution in [0.4, 0.5) is 0 Å². The Labute approximate surface area is 162 Å². The second-order valence-corrected chi connectivity index (χ2v) is 8.07. The summed E-state index contributed by atoms with van der Waals surface area (Å²) in [6, 6.07) is 5.55. The largest absolute Gasteiger partial charge is 0.356 e. The standard InChI is InChI=1S/C19H31N3O4S/c1-4-13-20-18(23)12-11-17(19(24)21-14-5-2)22-27(25,26)16-9-7-15(6-3)8-10-16/h7-10,17,22H,4-6,11-14H2,1-3H3,(H,20,23)(H,21,24)/t17-/m0/s1. The lowest BCUT2D eigenvalue weighted by Crippen LogP contribution is -2.47. The van der Waals surface area contributed by atoms with Crippen LogP contribution in [0, 0.1) is 0 Å². The van der Waals surface area contributed by atoms with Gasteiger partial charge in [0.2, 0.25) is 21.8 Å². The third-order valence-electron chi connectivity index (χ3n) is 4.04. The minimum Gasteiger partial charge on any atom is -0.356 e. The number of hydrogen-bond acceptors (Lipinski definition) is 4. The molecule has 2 amide bonds. The van der Waals surface area contributed by atoms with Gasteiger partial charge in [-0.3, -0.25) is 9.59 Å². The van der Waals surface area contributed by atoms with Gasteiger partial charge in [-0.25, -0.2) is 8.42 Å². The monoisotopic (exact) mass is 397 g/mol. The van der Waals surface area contributed by atoms with Gasteiger partial charge in [0.1, 0.15) is 6.04 Å². The van der Waals surface area contributed by atoms with E-state index in [-0.39, 0.29) is 23.6 Å². The highest BCUT2D eigenvalue weighted by atomic mass is 32.2. The van der Waals surface area contributed by atoms with Crippen molar-refractivity contribution in [3.63, 3.8) is 0 Å². The number of aryl methyl sites for hydroxylation is 1. The summed E-state index contributed by atoms with van der Waals surface area (Å²) in [5.41, 5.74) is 1.03. The van der Waals surface area contributed by atoms with Crippen molar-refractivity contribution in [3.8, 4) is 0 Å². The molecule has 0 spiro atoms. The van der Waals surface area contributed by atoms with Gasteiger partial charge in [-0.2, -0.15) is 4.72 Å². The first-order chi connectivity index (χ1) is 12.8. The van der Waals surface area contributed by atoms with Crippen molar-refractivity contribution in [1.29, 1.82) is 0 Å². The summed E-state index contributed by atoms with van der Waals surface area (Å²) in [5, 5.41) is 5.42. The predicted octanol–water partition coefficient (Wildman–Crippen LogP) is 1.73. The van der Waals surface area contributed by atoms with Crippen LogP contribution >= 0.6 is 0 Å². The molecule has 1 atom stereocenters. The van der Waals surface area contributed by atoms with Crippen molar-refractivity contribution in [2.45, 2.75) is 63.8 Å². The van der Waals surface area contributed by atoms with Crippen LogP contribution in [0.2, 0.25) is 0 Å². The van der Waals surface area contributed by atoms with Crippen LogP contribution < -0.4 is 15.4 Å². The van der Waals surface area contributed by atoms with Crippen LogP contribution in [0.1, 0.15) is 52.0 Å². The summed E-state index contributed by atoms with van der Waals surface area (Å²) >= 11 is 0. The Balaban J connectivity index is 2.86. The molecule has 8 heteroatoms. The van der Waals surface area contributed by atoms with Crippen LogP contribution in [0.15, 0.2) is 29.2 Å². The molecular formula is C19H31N3O4S. The van der Waals surface area contributed by atoms with Crippen molar-refractivity contribution in [2.75, 3.05) is 13.1 Å². The Kier molecular flexibility index (Phi) is 10.0. The Morgan fingerprint density at radius 3 is 2.11 bits per heavy atom. The molecule has 0 saturated carbocycles. The Hall–Kier alpha value is -1.93. The van der Waals surface area contributed by atoms with Crippen molar-refractivity contribution in [3.05, 3.63) is 29.8 Å². The van der Waals surface area contributed by atoms with Gasteiger partial charge < -0.3 is 10.6 Å². The highest BCUT2D eigenvalue weighted by Crippen LogP contribution is 2.13. The van der Waals surface area contributed by atoms with E-state index in [4.69, 9.17) is 0 Å². The maximum Gasteiger partial charge on any atom is 0.241 e. The fourth-order valence-corrected chi connectivity index (χ4v) is 3.63. The summed E-state index contributed by atoms with van der Waals surface area (Å²) in [5.74, 6) is -0.620. The second-order valence-electron chi connectivity index (χ2n) is 6.35. The van der Waals surface area contributed by atoms with Gasteiger partial charge in [0.25, 0.3) is 0 Å². The molecule has 0 saturated heterocycles. The normalized spacial score (nSPS) is 12.4. The zero-order valence-electron chi connectivity index (χ0n) is 16.4. The molecule has 0 fully saturated rings. The highest BCUT2D eigenvalue weighted by molar-refractivity contribution is 7.89. The number of carbonyl (C=O) groups is 2. The Morgan fingerprint density at radius 1 is 0.963 bits per heavy atom. The quantitative estimate of drug-likeness (QED) is 0.499. The van der Waals surface area contributed by atoms with Gasteiger partial charge in [-0.05, 0) is 43.4 Å². The molecule has 27 heavy (non-hydrogen) atoms. The minimum absolute atomic E-state index is 0.0709. The van der Waals surface area contributed by atoms with E-state index in [0.29, 0.717) is 13.1 Å². The molecule has 0 aliphatic carbocycles. The molecule has 3 N–H and O–H groups in total. The molecule has 0 bridgehead atoms. The first-order valence-electron chi connectivity index (χ1n) is 9.49. The number of rotatable bonds is 12. The maximum absolute atomic E-state index is 12.6. The summed E-state index contributed by atoms with van der Waals surface area (Å²) in [7, 11) is -3.86. The summed E-state index contributed by atoms with van der Waals surface area (Å²) < 4.78 is 27.7. The number of amides is 2. The number of benzene rings is 1. The smallest absolute Gasteiger partial charge is 0.241 e. The van der Waals surface area contributed by atoms with Crippen molar-refractivity contribution in [1.82, 2.24) is 15.4 Å². The fraction of sp³-hybridized carbons (Fsp3) is 0.579. The second kappa shape index (κ2) is 11.7. The Morgan fingerprint density at radius 2 is 1.56 bits per heavy atom. The zero-order chi connectivity index (χ0) is 20.3. The Bertz CT molecular complexity index is 702. The van der Waals surface area contributed by atoms with E-state index in [1.54, 1.807) is 12.1 Å². The van der Waals surface area contributed by atoms with Gasteiger partial charge in [0, 0.05) is 19.5 Å². The van der Waals surface area contributed by atoms with E-state index < -0.39 is 22.0 Å². The first-order valence-corrected chi connectivity index (χ1v) is 11.0. The fourth-order valence-electron chi connectivity index (χ4n) is 2.40. The van der Waals surface area contributed by atoms with E-state index in [1.807, 2.05) is 20.8 Å². The molecule has 0 unspecified atom stereocenters. The van der Waals surface area contributed by atoms with Gasteiger partial charge in [0.05, 0.1) is 4.90 Å². The predicted molar refractivity (Wildman–Crippen MR) is 106 cm³/mol. The SMILES string of the molecule is CCCNC(=O)CC[C@H](NS(=O)(=O)c1ccc(CC)cc1)C(=O)NCCC. The van der Waals surface area contributed by atoms with Crippen molar-refractivity contribution in [2.24, 2.45) is 0 Å². The first kappa shape index (κ1) is 23.1. The minimum atomic E-state index is -3.86. The lowest BCUT2D eigenvalue weighted by Gasteiger charge is -2.18. The van der Waals surface area contributed by atoms with E-state index in [0.717, 1.165) is 24.8 Å². The molecular weight excluding hydrogens is 366 g/mol. The molecule has 7 nitrogen and oxygen atoms in total. The molecule has 152 valence electrons. The number of hydrogen-bond donors (Lipinski definition) is 3. The average molecular weight is 398 g/mol. The molecule has 0 heterocycles. The molecule has 1 rings (SSSR count). The van der Waals surface area contributed by atoms with E-state index in [9.17, 15) is 18.0 Å². The van der Waals surface area contributed by atoms with E-state index in [1.165, 1.54) is 12.1 Å². The molecule has 0 aliphatic rings. The molecule has 0 radical (unpaired) electrons. The van der Waals surface area contributed by atoms with Gasteiger partial charge >= 0.3 is 0 Å². The number of carbonyl (C=O) groups excluding carboxylic acids is 2. The lowest BCUT2D eigenvalue weighted by molar-refractivity contribution is -0.123. The zero-order valence-corrected chi connectivity index (χ0v) is 17.2. The van der Waals surface area contributed by atoms with Crippen molar-refractivity contribution < 1.29 is 18.0 Å². The molecule has 1 aromatic rings. The maximum atomic E-state index is 12.6. The average Bonchev–Trinajstić information content (AvgIpc) is 2.67. The topological polar surface area (TPSA) is 104 Å². The third-order valence-corrected chi connectivity index (χ3v) is 5.52. The summed E-state index contributed by atoms with van der Waals surface area (Å²) in [4.78, 5) is 24.3. The van der Waals surface area contributed by atoms with Crippen molar-refractivity contribution >= 4 is 21.8 Å². The van der Waals surface area contributed by atoms with Crippen LogP contribution in [-0.4, -0.2) is 39.4 Å². The molecule has 0 aliphatic heterocycles. The third kappa shape index (κ3) is 8.09. The van der Waals surface area contributed by atoms with Crippen LogP contribution in [-0.2, 0) is 26.0 Å². The summed E-state index contributed by atoms with van der Waals surface area (Å²) in [6.07, 6.45) is 2.52. The van der Waals surface area contributed by atoms with Crippen LogP contribution in [0.25, 0.3) is 0 Å². The van der Waals surface area contributed by atoms with E-state index in [2.05, 4.69) is 15.4 Å². The highest BCUT2D eigenvalue weighted by Gasteiger charge is 2.26.